The molecule has 0 unspecified atom stereocenters. The molecule has 1 aliphatic rings. The van der Waals surface area contributed by atoms with E-state index in [1.54, 1.807) is 6.07 Å². The predicted molar refractivity (Wildman–Crippen MR) is 118 cm³/mol. The number of carboxylic acids is 1. The summed E-state index contributed by atoms with van der Waals surface area (Å²) in [5.41, 5.74) is 1.14. The maximum atomic E-state index is 12.5. The summed E-state index contributed by atoms with van der Waals surface area (Å²) in [6.45, 7) is 5.79. The minimum atomic E-state index is -1.01. The van der Waals surface area contributed by atoms with Crippen molar-refractivity contribution in [2.45, 2.75) is 20.3 Å². The van der Waals surface area contributed by atoms with E-state index >= 15 is 0 Å². The number of thioether (sulfide) groups is 1. The third-order valence-electron chi connectivity index (χ3n) is 4.58. The largest absolute Gasteiger partial charge is 0.481 e. The SMILES string of the molecule is CCN(CC)c1ccc2cc(C=C3SC(=S)N(CCC(=O)O)C3=O)c(=O)oc2c1. The highest BCUT2D eigenvalue weighted by Gasteiger charge is 2.32. The summed E-state index contributed by atoms with van der Waals surface area (Å²) in [5.74, 6) is -1.42. The zero-order chi connectivity index (χ0) is 21.1. The number of carbonyl (C=O) groups excluding carboxylic acids is 1. The number of nitrogens with zero attached hydrogens (tertiary/aromatic N) is 2. The number of hydrogen-bond acceptors (Lipinski definition) is 7. The van der Waals surface area contributed by atoms with Crippen LogP contribution in [0.5, 0.6) is 0 Å². The lowest BCUT2D eigenvalue weighted by atomic mass is 10.1. The van der Waals surface area contributed by atoms with E-state index in [4.69, 9.17) is 21.7 Å². The molecule has 0 bridgehead atoms. The molecule has 0 spiro atoms. The Balaban J connectivity index is 1.92. The molecule has 0 aliphatic carbocycles. The summed E-state index contributed by atoms with van der Waals surface area (Å²) >= 11 is 6.21. The minimum absolute atomic E-state index is 0.00218. The highest BCUT2D eigenvalue weighted by molar-refractivity contribution is 8.26. The van der Waals surface area contributed by atoms with Gasteiger partial charge in [-0.25, -0.2) is 4.79 Å². The van der Waals surface area contributed by atoms with Crippen LogP contribution in [0.25, 0.3) is 17.0 Å². The van der Waals surface area contributed by atoms with Crippen molar-refractivity contribution in [3.8, 4) is 0 Å². The highest BCUT2D eigenvalue weighted by Crippen LogP contribution is 2.32. The van der Waals surface area contributed by atoms with Crippen LogP contribution in [0, 0.1) is 0 Å². The van der Waals surface area contributed by atoms with E-state index < -0.39 is 17.5 Å². The molecule has 1 aromatic carbocycles. The van der Waals surface area contributed by atoms with Crippen molar-refractivity contribution in [2.24, 2.45) is 0 Å². The van der Waals surface area contributed by atoms with Crippen molar-refractivity contribution < 1.29 is 19.1 Å². The average molecular weight is 433 g/mol. The Labute approximate surface area is 177 Å². The molecule has 152 valence electrons. The summed E-state index contributed by atoms with van der Waals surface area (Å²) in [5, 5.41) is 9.55. The van der Waals surface area contributed by atoms with Crippen molar-refractivity contribution >= 4 is 62.9 Å². The first-order valence-electron chi connectivity index (χ1n) is 9.14. The van der Waals surface area contributed by atoms with E-state index in [9.17, 15) is 14.4 Å². The second kappa shape index (κ2) is 8.79. The molecule has 1 aromatic heterocycles. The number of thiocarbonyl (C=S) groups is 1. The van der Waals surface area contributed by atoms with Crippen LogP contribution in [0.3, 0.4) is 0 Å². The molecule has 9 heteroatoms. The lowest BCUT2D eigenvalue weighted by molar-refractivity contribution is -0.137. The van der Waals surface area contributed by atoms with Gasteiger partial charge in [0.15, 0.2) is 0 Å². The fourth-order valence-electron chi connectivity index (χ4n) is 3.04. The number of amides is 1. The average Bonchev–Trinajstić information content (AvgIpc) is 2.94. The van der Waals surface area contributed by atoms with Gasteiger partial charge < -0.3 is 14.4 Å². The van der Waals surface area contributed by atoms with E-state index in [0.717, 1.165) is 35.9 Å². The van der Waals surface area contributed by atoms with Crippen molar-refractivity contribution in [3.63, 3.8) is 0 Å². The first-order chi connectivity index (χ1) is 13.8. The molecule has 0 atom stereocenters. The lowest BCUT2D eigenvalue weighted by Gasteiger charge is -2.20. The van der Waals surface area contributed by atoms with Gasteiger partial charge >= 0.3 is 11.6 Å². The Hall–Kier alpha value is -2.65. The Kier molecular flexibility index (Phi) is 6.39. The third kappa shape index (κ3) is 4.51. The molecule has 1 amide bonds. The van der Waals surface area contributed by atoms with Gasteiger partial charge in [0, 0.05) is 36.8 Å². The first-order valence-corrected chi connectivity index (χ1v) is 10.4. The molecule has 0 radical (unpaired) electrons. The van der Waals surface area contributed by atoms with Crippen molar-refractivity contribution in [1.82, 2.24) is 4.90 Å². The molecule has 0 saturated carbocycles. The summed E-state index contributed by atoms with van der Waals surface area (Å²) < 4.78 is 5.75. The number of hydrogen-bond donors (Lipinski definition) is 1. The van der Waals surface area contributed by atoms with Gasteiger partial charge in [-0.15, -0.1) is 0 Å². The van der Waals surface area contributed by atoms with Gasteiger partial charge in [-0.05, 0) is 38.1 Å². The number of carboxylic acid groups (broad SMARTS) is 1. The van der Waals surface area contributed by atoms with Gasteiger partial charge in [0.05, 0.1) is 16.9 Å². The van der Waals surface area contributed by atoms with Crippen molar-refractivity contribution in [1.29, 1.82) is 0 Å². The van der Waals surface area contributed by atoms with Crippen molar-refractivity contribution in [2.75, 3.05) is 24.5 Å². The smallest absolute Gasteiger partial charge is 0.343 e. The van der Waals surface area contributed by atoms with Gasteiger partial charge in [-0.2, -0.15) is 0 Å². The Bertz CT molecular complexity index is 1070. The quantitative estimate of drug-likeness (QED) is 0.405. The van der Waals surface area contributed by atoms with E-state index in [1.165, 1.54) is 11.0 Å². The second-order valence-corrected chi connectivity index (χ2v) is 8.04. The molecule has 7 nitrogen and oxygen atoms in total. The van der Waals surface area contributed by atoms with Gasteiger partial charge in [-0.3, -0.25) is 14.5 Å². The fourth-order valence-corrected chi connectivity index (χ4v) is 4.34. The number of rotatable bonds is 7. The molecule has 2 heterocycles. The highest BCUT2D eigenvalue weighted by atomic mass is 32.2. The van der Waals surface area contributed by atoms with E-state index in [0.29, 0.717) is 5.58 Å². The Morgan fingerprint density at radius 3 is 2.66 bits per heavy atom. The molecule has 1 N–H and O–H groups in total. The van der Waals surface area contributed by atoms with Crippen molar-refractivity contribution in [3.05, 3.63) is 45.2 Å². The number of carbonyl (C=O) groups is 2. The maximum absolute atomic E-state index is 12.5. The van der Waals surface area contributed by atoms with Crippen LogP contribution in [-0.2, 0) is 9.59 Å². The van der Waals surface area contributed by atoms with Crippen LogP contribution in [-0.4, -0.2) is 45.8 Å². The van der Waals surface area contributed by atoms with Crippen LogP contribution in [0.2, 0.25) is 0 Å². The normalized spacial score (nSPS) is 15.5. The molecular formula is C20H20N2O5S2. The zero-order valence-electron chi connectivity index (χ0n) is 16.0. The van der Waals surface area contributed by atoms with Gasteiger partial charge in [-0.1, -0.05) is 24.0 Å². The zero-order valence-corrected chi connectivity index (χ0v) is 17.6. The van der Waals surface area contributed by atoms with E-state index in [1.807, 2.05) is 18.2 Å². The lowest BCUT2D eigenvalue weighted by Crippen LogP contribution is -2.30. The summed E-state index contributed by atoms with van der Waals surface area (Å²) in [6.07, 6.45) is 1.25. The second-order valence-electron chi connectivity index (χ2n) is 6.36. The van der Waals surface area contributed by atoms with Gasteiger partial charge in [0.25, 0.3) is 5.91 Å². The molecule has 1 aliphatic heterocycles. The van der Waals surface area contributed by atoms with E-state index in [-0.39, 0.29) is 27.8 Å². The third-order valence-corrected chi connectivity index (χ3v) is 5.96. The Morgan fingerprint density at radius 1 is 1.28 bits per heavy atom. The number of aliphatic carboxylic acids is 1. The standard InChI is InChI=1S/C20H20N2O5S2/c1-3-21(4-2)14-6-5-12-9-13(19(26)27-15(12)11-14)10-16-18(25)22(20(28)29-16)8-7-17(23)24/h5-6,9-11H,3-4,7-8H2,1-2H3,(H,23,24). The van der Waals surface area contributed by atoms with E-state index in [2.05, 4.69) is 18.7 Å². The van der Waals surface area contributed by atoms with Crippen LogP contribution in [0.4, 0.5) is 5.69 Å². The molecular weight excluding hydrogens is 412 g/mol. The topological polar surface area (TPSA) is 91.1 Å². The van der Waals surface area contributed by atoms with Crippen LogP contribution in [0.1, 0.15) is 25.8 Å². The molecule has 2 aromatic rings. The fraction of sp³-hybridized carbons (Fsp3) is 0.300. The number of benzene rings is 1. The van der Waals surface area contributed by atoms with Crippen LogP contribution < -0.4 is 10.5 Å². The molecule has 29 heavy (non-hydrogen) atoms. The van der Waals surface area contributed by atoms with Gasteiger partial charge in [0.2, 0.25) is 0 Å². The Morgan fingerprint density at radius 2 is 2.00 bits per heavy atom. The monoisotopic (exact) mass is 432 g/mol. The maximum Gasteiger partial charge on any atom is 0.343 e. The van der Waals surface area contributed by atoms with Gasteiger partial charge in [0.1, 0.15) is 9.90 Å². The minimum Gasteiger partial charge on any atom is -0.481 e. The molecule has 1 fully saturated rings. The first kappa shape index (κ1) is 21.1. The number of anilines is 1. The summed E-state index contributed by atoms with van der Waals surface area (Å²) in [4.78, 5) is 39.4. The number of fused-ring (bicyclic) bond motifs is 1. The predicted octanol–water partition coefficient (Wildman–Crippen LogP) is 3.32. The van der Waals surface area contributed by atoms with Crippen LogP contribution >= 0.6 is 24.0 Å². The summed E-state index contributed by atoms with van der Waals surface area (Å²) in [7, 11) is 0. The summed E-state index contributed by atoms with van der Waals surface area (Å²) in [6, 6.07) is 7.35. The molecule has 1 saturated heterocycles. The van der Waals surface area contributed by atoms with Crippen LogP contribution in [0.15, 0.2) is 38.4 Å². The molecule has 3 rings (SSSR count).